The Bertz CT molecular complexity index is 368. The molecule has 0 spiro atoms. The van der Waals surface area contributed by atoms with Crippen molar-refractivity contribution >= 4 is 0 Å². The van der Waals surface area contributed by atoms with Crippen LogP contribution in [0.5, 0.6) is 0 Å². The standard InChI is InChI=1S/C16H25NO2/c1-17-16(14-8-4-3-5-9-14)11-7-6-10-15(16)19-13-12-18-2/h3-5,8-9,15,17H,6-7,10-13H2,1-2H3/t15-,16-/m0/s1. The number of likely N-dealkylation sites (N-methyl/N-ethyl adjacent to an activating group) is 1. The maximum Gasteiger partial charge on any atom is 0.0799 e. The number of hydrogen-bond donors (Lipinski definition) is 1. The Balaban J connectivity index is 2.18. The van der Waals surface area contributed by atoms with Crippen LogP contribution in [-0.2, 0) is 15.0 Å². The molecule has 0 heterocycles. The lowest BCUT2D eigenvalue weighted by atomic mass is 9.74. The van der Waals surface area contributed by atoms with Gasteiger partial charge in [0.2, 0.25) is 0 Å². The van der Waals surface area contributed by atoms with Crippen LogP contribution in [0.3, 0.4) is 0 Å². The molecule has 0 unspecified atom stereocenters. The van der Waals surface area contributed by atoms with Gasteiger partial charge in [0.1, 0.15) is 0 Å². The van der Waals surface area contributed by atoms with Crippen molar-refractivity contribution < 1.29 is 9.47 Å². The molecule has 2 atom stereocenters. The van der Waals surface area contributed by atoms with Crippen LogP contribution >= 0.6 is 0 Å². The molecule has 1 aliphatic carbocycles. The van der Waals surface area contributed by atoms with Crippen LogP contribution in [0, 0.1) is 0 Å². The summed E-state index contributed by atoms with van der Waals surface area (Å²) in [6.45, 7) is 1.32. The first-order chi connectivity index (χ1) is 9.33. The van der Waals surface area contributed by atoms with Gasteiger partial charge in [-0.2, -0.15) is 0 Å². The van der Waals surface area contributed by atoms with Gasteiger partial charge in [0.05, 0.1) is 24.9 Å². The van der Waals surface area contributed by atoms with Crippen molar-refractivity contribution in [3.63, 3.8) is 0 Å². The third-order valence-electron chi connectivity index (χ3n) is 4.18. The zero-order valence-corrected chi connectivity index (χ0v) is 12.0. The van der Waals surface area contributed by atoms with Gasteiger partial charge in [-0.3, -0.25) is 0 Å². The Labute approximate surface area is 116 Å². The highest BCUT2D eigenvalue weighted by atomic mass is 16.5. The summed E-state index contributed by atoms with van der Waals surface area (Å²) in [6.07, 6.45) is 4.96. The van der Waals surface area contributed by atoms with E-state index in [1.54, 1.807) is 7.11 Å². The van der Waals surface area contributed by atoms with Gasteiger partial charge in [-0.25, -0.2) is 0 Å². The fourth-order valence-corrected chi connectivity index (χ4v) is 3.14. The highest BCUT2D eigenvalue weighted by Crippen LogP contribution is 2.38. The minimum atomic E-state index is -0.0484. The first kappa shape index (κ1) is 14.5. The number of methoxy groups -OCH3 is 1. The number of benzene rings is 1. The van der Waals surface area contributed by atoms with Crippen molar-refractivity contribution in [2.45, 2.75) is 37.3 Å². The second-order valence-corrected chi connectivity index (χ2v) is 5.19. The molecule has 3 heteroatoms. The minimum Gasteiger partial charge on any atom is -0.382 e. The summed E-state index contributed by atoms with van der Waals surface area (Å²) in [6, 6.07) is 10.7. The summed E-state index contributed by atoms with van der Waals surface area (Å²) in [7, 11) is 3.76. The second kappa shape index (κ2) is 7.04. The third kappa shape index (κ3) is 3.16. The van der Waals surface area contributed by atoms with Crippen molar-refractivity contribution in [1.82, 2.24) is 5.32 Å². The average molecular weight is 263 g/mol. The van der Waals surface area contributed by atoms with Crippen LogP contribution in [-0.4, -0.2) is 33.5 Å². The molecule has 1 saturated carbocycles. The molecule has 106 valence electrons. The zero-order chi connectivity index (χ0) is 13.6. The van der Waals surface area contributed by atoms with Crippen molar-refractivity contribution in [1.29, 1.82) is 0 Å². The van der Waals surface area contributed by atoms with Gasteiger partial charge in [-0.15, -0.1) is 0 Å². The highest BCUT2D eigenvalue weighted by molar-refractivity contribution is 5.27. The SMILES string of the molecule is CN[C@]1(c2ccccc2)CCCC[C@@H]1OCCOC. The normalized spacial score (nSPS) is 27.4. The summed E-state index contributed by atoms with van der Waals surface area (Å²) in [5.41, 5.74) is 1.28. The molecule has 19 heavy (non-hydrogen) atoms. The highest BCUT2D eigenvalue weighted by Gasteiger charge is 2.41. The van der Waals surface area contributed by atoms with E-state index in [9.17, 15) is 0 Å². The molecule has 0 bridgehead atoms. The Hall–Kier alpha value is -0.900. The van der Waals surface area contributed by atoms with Crippen LogP contribution in [0.25, 0.3) is 0 Å². The molecule has 0 radical (unpaired) electrons. The molecule has 1 N–H and O–H groups in total. The third-order valence-corrected chi connectivity index (χ3v) is 4.18. The fourth-order valence-electron chi connectivity index (χ4n) is 3.14. The van der Waals surface area contributed by atoms with Gasteiger partial charge >= 0.3 is 0 Å². The van der Waals surface area contributed by atoms with Gasteiger partial charge in [0.15, 0.2) is 0 Å². The lowest BCUT2D eigenvalue weighted by Crippen LogP contribution is -2.53. The maximum absolute atomic E-state index is 6.10. The van der Waals surface area contributed by atoms with Crippen molar-refractivity contribution in [3.8, 4) is 0 Å². The maximum atomic E-state index is 6.10. The Morgan fingerprint density at radius 2 is 2.00 bits per heavy atom. The predicted molar refractivity (Wildman–Crippen MR) is 77.3 cm³/mol. The van der Waals surface area contributed by atoms with E-state index in [4.69, 9.17) is 9.47 Å². The zero-order valence-electron chi connectivity index (χ0n) is 12.0. The van der Waals surface area contributed by atoms with Gasteiger partial charge in [0, 0.05) is 7.11 Å². The van der Waals surface area contributed by atoms with Crippen molar-refractivity contribution in [3.05, 3.63) is 35.9 Å². The largest absolute Gasteiger partial charge is 0.382 e. The average Bonchev–Trinajstić information content (AvgIpc) is 2.49. The van der Waals surface area contributed by atoms with E-state index in [2.05, 4.69) is 35.6 Å². The summed E-state index contributed by atoms with van der Waals surface area (Å²) in [4.78, 5) is 0. The van der Waals surface area contributed by atoms with Crippen LogP contribution in [0.15, 0.2) is 30.3 Å². The Morgan fingerprint density at radius 1 is 1.21 bits per heavy atom. The van der Waals surface area contributed by atoms with Crippen LogP contribution in [0.2, 0.25) is 0 Å². The molecular weight excluding hydrogens is 238 g/mol. The number of nitrogens with one attached hydrogen (secondary N) is 1. The summed E-state index contributed by atoms with van der Waals surface area (Å²) in [5.74, 6) is 0. The van der Waals surface area contributed by atoms with Crippen LogP contribution in [0.4, 0.5) is 0 Å². The summed E-state index contributed by atoms with van der Waals surface area (Å²) < 4.78 is 11.2. The van der Waals surface area contributed by atoms with Crippen molar-refractivity contribution in [2.24, 2.45) is 0 Å². The quantitative estimate of drug-likeness (QED) is 0.801. The number of rotatable bonds is 6. The Kier molecular flexibility index (Phi) is 5.37. The number of hydrogen-bond acceptors (Lipinski definition) is 3. The molecular formula is C16H25NO2. The van der Waals surface area contributed by atoms with E-state index in [1.165, 1.54) is 18.4 Å². The van der Waals surface area contributed by atoms with E-state index in [1.807, 2.05) is 7.05 Å². The molecule has 3 nitrogen and oxygen atoms in total. The number of ether oxygens (including phenoxy) is 2. The summed E-state index contributed by atoms with van der Waals surface area (Å²) >= 11 is 0. The molecule has 0 saturated heterocycles. The van der Waals surface area contributed by atoms with Crippen molar-refractivity contribution in [2.75, 3.05) is 27.4 Å². The molecule has 1 aliphatic rings. The molecule has 0 aliphatic heterocycles. The van der Waals surface area contributed by atoms with Crippen LogP contribution in [0.1, 0.15) is 31.2 Å². The molecule has 1 fully saturated rings. The molecule has 1 aromatic rings. The van der Waals surface area contributed by atoms with Gasteiger partial charge in [-0.05, 0) is 25.5 Å². The first-order valence-electron chi connectivity index (χ1n) is 7.18. The van der Waals surface area contributed by atoms with Gasteiger partial charge < -0.3 is 14.8 Å². The van der Waals surface area contributed by atoms with E-state index < -0.39 is 0 Å². The van der Waals surface area contributed by atoms with E-state index in [0.29, 0.717) is 13.2 Å². The van der Waals surface area contributed by atoms with Gasteiger partial charge in [0.25, 0.3) is 0 Å². The van der Waals surface area contributed by atoms with E-state index >= 15 is 0 Å². The lowest BCUT2D eigenvalue weighted by Gasteiger charge is -2.44. The topological polar surface area (TPSA) is 30.5 Å². The summed E-state index contributed by atoms with van der Waals surface area (Å²) in [5, 5.41) is 3.54. The monoisotopic (exact) mass is 263 g/mol. The smallest absolute Gasteiger partial charge is 0.0799 e. The Morgan fingerprint density at radius 3 is 2.68 bits per heavy atom. The molecule has 1 aromatic carbocycles. The second-order valence-electron chi connectivity index (χ2n) is 5.19. The van der Waals surface area contributed by atoms with E-state index in [-0.39, 0.29) is 11.6 Å². The molecule has 2 rings (SSSR count). The minimum absolute atomic E-state index is 0.0484. The first-order valence-corrected chi connectivity index (χ1v) is 7.18. The predicted octanol–water partition coefficient (Wildman–Crippen LogP) is 2.71. The van der Waals surface area contributed by atoms with Crippen LogP contribution < -0.4 is 5.32 Å². The molecule has 0 aromatic heterocycles. The fraction of sp³-hybridized carbons (Fsp3) is 0.625. The molecule has 0 amide bonds. The lowest BCUT2D eigenvalue weighted by molar-refractivity contribution is -0.0555. The van der Waals surface area contributed by atoms with Gasteiger partial charge in [-0.1, -0.05) is 43.2 Å². The van der Waals surface area contributed by atoms with E-state index in [0.717, 1.165) is 12.8 Å².